The highest BCUT2D eigenvalue weighted by atomic mass is 16.2. The zero-order valence-corrected chi connectivity index (χ0v) is 15.1. The fourth-order valence-electron chi connectivity index (χ4n) is 3.57. The van der Waals surface area contributed by atoms with Gasteiger partial charge in [0.2, 0.25) is 5.91 Å². The number of anilines is 1. The number of hydrogen-bond donors (Lipinski definition) is 1. The summed E-state index contributed by atoms with van der Waals surface area (Å²) < 4.78 is 0. The van der Waals surface area contributed by atoms with Gasteiger partial charge in [0.25, 0.3) is 0 Å². The Bertz CT molecular complexity index is 669. The van der Waals surface area contributed by atoms with Crippen LogP contribution in [0.25, 0.3) is 0 Å². The van der Waals surface area contributed by atoms with Gasteiger partial charge in [0.05, 0.1) is 5.69 Å². The quantitative estimate of drug-likeness (QED) is 0.584. The standard InChI is InChI=1S/C21H27NO3/c1-14(12-17-8-10-18(11-9-17)15(2)23)13-21(25)22-20-7-5-4-6-19(20)16(3)24/h4-7,17-18H,1,8-13H2,2-3H3,(H,22,25). The molecule has 4 heteroatoms. The summed E-state index contributed by atoms with van der Waals surface area (Å²) in [6, 6.07) is 7.02. The van der Waals surface area contributed by atoms with Gasteiger partial charge in [0.1, 0.15) is 5.78 Å². The van der Waals surface area contributed by atoms with Crippen LogP contribution in [-0.2, 0) is 9.59 Å². The molecule has 25 heavy (non-hydrogen) atoms. The Labute approximate surface area is 149 Å². The second-order valence-electron chi connectivity index (χ2n) is 7.11. The van der Waals surface area contributed by atoms with Gasteiger partial charge in [-0.15, -0.1) is 0 Å². The molecule has 0 unspecified atom stereocenters. The molecule has 4 nitrogen and oxygen atoms in total. The highest BCUT2D eigenvalue weighted by Gasteiger charge is 2.24. The van der Waals surface area contributed by atoms with Crippen LogP contribution < -0.4 is 5.32 Å². The van der Waals surface area contributed by atoms with E-state index in [0.717, 1.165) is 37.7 Å². The second-order valence-corrected chi connectivity index (χ2v) is 7.11. The summed E-state index contributed by atoms with van der Waals surface area (Å²) in [5.41, 5.74) is 1.97. The van der Waals surface area contributed by atoms with E-state index in [1.807, 2.05) is 0 Å². The van der Waals surface area contributed by atoms with Gasteiger partial charge in [-0.1, -0.05) is 24.3 Å². The minimum atomic E-state index is -0.142. The Kier molecular flexibility index (Phi) is 6.68. The van der Waals surface area contributed by atoms with Crippen molar-refractivity contribution >= 4 is 23.2 Å². The summed E-state index contributed by atoms with van der Waals surface area (Å²) >= 11 is 0. The van der Waals surface area contributed by atoms with Crippen LogP contribution in [0.4, 0.5) is 5.69 Å². The van der Waals surface area contributed by atoms with Crippen LogP contribution in [0.15, 0.2) is 36.4 Å². The highest BCUT2D eigenvalue weighted by molar-refractivity contribution is 6.04. The lowest BCUT2D eigenvalue weighted by Gasteiger charge is -2.27. The van der Waals surface area contributed by atoms with Crippen molar-refractivity contribution in [3.8, 4) is 0 Å². The average molecular weight is 341 g/mol. The topological polar surface area (TPSA) is 63.2 Å². The first kappa shape index (κ1) is 19.1. The van der Waals surface area contributed by atoms with E-state index in [-0.39, 0.29) is 24.0 Å². The van der Waals surface area contributed by atoms with Crippen LogP contribution >= 0.6 is 0 Å². The van der Waals surface area contributed by atoms with Crippen LogP contribution in [-0.4, -0.2) is 17.5 Å². The number of para-hydroxylation sites is 1. The molecule has 1 fully saturated rings. The first-order chi connectivity index (χ1) is 11.9. The molecule has 1 aliphatic rings. The third-order valence-electron chi connectivity index (χ3n) is 4.99. The van der Waals surface area contributed by atoms with Crippen molar-refractivity contribution in [2.24, 2.45) is 11.8 Å². The Morgan fingerprint density at radius 3 is 2.32 bits per heavy atom. The van der Waals surface area contributed by atoms with E-state index < -0.39 is 0 Å². The normalized spacial score (nSPS) is 19.9. The zero-order chi connectivity index (χ0) is 18.4. The molecular weight excluding hydrogens is 314 g/mol. The first-order valence-electron chi connectivity index (χ1n) is 8.93. The highest BCUT2D eigenvalue weighted by Crippen LogP contribution is 2.33. The van der Waals surface area contributed by atoms with E-state index in [1.165, 1.54) is 6.92 Å². The third-order valence-corrected chi connectivity index (χ3v) is 4.99. The molecule has 0 spiro atoms. The Morgan fingerprint density at radius 1 is 1.08 bits per heavy atom. The van der Waals surface area contributed by atoms with Crippen LogP contribution in [0.2, 0.25) is 0 Å². The fourth-order valence-corrected chi connectivity index (χ4v) is 3.57. The monoisotopic (exact) mass is 341 g/mol. The molecule has 0 bridgehead atoms. The Hall–Kier alpha value is -2.23. The summed E-state index contributed by atoms with van der Waals surface area (Å²) in [5.74, 6) is 0.810. The van der Waals surface area contributed by atoms with E-state index >= 15 is 0 Å². The molecule has 0 heterocycles. The number of ketones is 2. The number of Topliss-reactive ketones (excluding diaryl/α,β-unsaturated/α-hetero) is 2. The van der Waals surface area contributed by atoms with Gasteiger partial charge in [0, 0.05) is 17.9 Å². The van der Waals surface area contributed by atoms with E-state index in [9.17, 15) is 14.4 Å². The summed E-state index contributed by atoms with van der Waals surface area (Å²) in [5, 5.41) is 2.82. The summed E-state index contributed by atoms with van der Waals surface area (Å²) in [6.45, 7) is 7.21. The van der Waals surface area contributed by atoms with Crippen molar-refractivity contribution in [2.45, 2.75) is 52.4 Å². The van der Waals surface area contributed by atoms with Crippen molar-refractivity contribution in [1.82, 2.24) is 0 Å². The fraction of sp³-hybridized carbons (Fsp3) is 0.476. The third kappa shape index (κ3) is 5.66. The lowest BCUT2D eigenvalue weighted by atomic mass is 9.78. The van der Waals surface area contributed by atoms with E-state index in [0.29, 0.717) is 23.0 Å². The van der Waals surface area contributed by atoms with Crippen molar-refractivity contribution in [3.05, 3.63) is 42.0 Å². The lowest BCUT2D eigenvalue weighted by Crippen LogP contribution is -2.21. The van der Waals surface area contributed by atoms with Gasteiger partial charge in [-0.25, -0.2) is 0 Å². The molecule has 2 rings (SSSR count). The summed E-state index contributed by atoms with van der Waals surface area (Å²) in [4.78, 5) is 35.3. The zero-order valence-electron chi connectivity index (χ0n) is 15.1. The minimum absolute atomic E-state index is 0.0723. The molecule has 1 aliphatic carbocycles. The number of nitrogens with one attached hydrogen (secondary N) is 1. The number of benzene rings is 1. The molecule has 0 aliphatic heterocycles. The maximum absolute atomic E-state index is 12.3. The number of carbonyl (C=O) groups excluding carboxylic acids is 3. The van der Waals surface area contributed by atoms with Crippen molar-refractivity contribution in [2.75, 3.05) is 5.32 Å². The molecule has 134 valence electrons. The Morgan fingerprint density at radius 2 is 1.72 bits per heavy atom. The number of amides is 1. The molecule has 1 amide bonds. The molecule has 1 aromatic carbocycles. The van der Waals surface area contributed by atoms with Gasteiger partial charge in [-0.2, -0.15) is 0 Å². The maximum Gasteiger partial charge on any atom is 0.228 e. The number of hydrogen-bond acceptors (Lipinski definition) is 3. The van der Waals surface area contributed by atoms with E-state index in [2.05, 4.69) is 11.9 Å². The van der Waals surface area contributed by atoms with E-state index in [1.54, 1.807) is 31.2 Å². The van der Waals surface area contributed by atoms with Gasteiger partial charge in [-0.3, -0.25) is 14.4 Å². The van der Waals surface area contributed by atoms with Crippen molar-refractivity contribution in [1.29, 1.82) is 0 Å². The minimum Gasteiger partial charge on any atom is -0.325 e. The largest absolute Gasteiger partial charge is 0.325 e. The van der Waals surface area contributed by atoms with Gasteiger partial charge < -0.3 is 5.32 Å². The number of carbonyl (C=O) groups is 3. The number of rotatable bonds is 7. The van der Waals surface area contributed by atoms with Crippen LogP contribution in [0.1, 0.15) is 62.7 Å². The van der Waals surface area contributed by atoms with E-state index in [4.69, 9.17) is 0 Å². The van der Waals surface area contributed by atoms with Crippen LogP contribution in [0, 0.1) is 11.8 Å². The second kappa shape index (κ2) is 8.75. The van der Waals surface area contributed by atoms with Crippen LogP contribution in [0.3, 0.4) is 0 Å². The molecule has 0 aromatic heterocycles. The predicted molar refractivity (Wildman–Crippen MR) is 99.6 cm³/mol. The SMILES string of the molecule is C=C(CC(=O)Nc1ccccc1C(C)=O)CC1CCC(C(C)=O)CC1. The molecule has 0 saturated heterocycles. The molecule has 0 atom stereocenters. The summed E-state index contributed by atoms with van der Waals surface area (Å²) in [7, 11) is 0. The van der Waals surface area contributed by atoms with Gasteiger partial charge in [0.15, 0.2) is 5.78 Å². The average Bonchev–Trinajstić information content (AvgIpc) is 2.55. The van der Waals surface area contributed by atoms with Crippen molar-refractivity contribution in [3.63, 3.8) is 0 Å². The summed E-state index contributed by atoms with van der Waals surface area (Å²) in [6.07, 6.45) is 5.04. The Balaban J connectivity index is 1.82. The predicted octanol–water partition coefficient (Wildman–Crippen LogP) is 4.56. The van der Waals surface area contributed by atoms with Crippen LogP contribution in [0.5, 0.6) is 0 Å². The van der Waals surface area contributed by atoms with Gasteiger partial charge >= 0.3 is 0 Å². The van der Waals surface area contributed by atoms with Crippen molar-refractivity contribution < 1.29 is 14.4 Å². The molecule has 1 aromatic rings. The molecule has 1 N–H and O–H groups in total. The van der Waals surface area contributed by atoms with Gasteiger partial charge in [-0.05, 0) is 64.0 Å². The molecular formula is C21H27NO3. The molecule has 0 radical (unpaired) electrons. The maximum atomic E-state index is 12.3. The molecule has 1 saturated carbocycles. The lowest BCUT2D eigenvalue weighted by molar-refractivity contribution is -0.121. The first-order valence-corrected chi connectivity index (χ1v) is 8.93. The smallest absolute Gasteiger partial charge is 0.228 e.